The monoisotopic (exact) mass is 416 g/mol. The van der Waals surface area contributed by atoms with Crippen LogP contribution in [0, 0.1) is 6.92 Å². The summed E-state index contributed by atoms with van der Waals surface area (Å²) in [6.45, 7) is 6.09. The summed E-state index contributed by atoms with van der Waals surface area (Å²) in [5.74, 6) is 1.46. The number of aryl methyl sites for hydroxylation is 1. The Bertz CT molecular complexity index is 1040. The molecule has 0 radical (unpaired) electrons. The summed E-state index contributed by atoms with van der Waals surface area (Å²) in [5, 5.41) is 3.13. The average Bonchev–Trinajstić information content (AvgIpc) is 2.79. The third-order valence-electron chi connectivity index (χ3n) is 5.36. The summed E-state index contributed by atoms with van der Waals surface area (Å²) in [6, 6.07) is 24.1. The van der Waals surface area contributed by atoms with Gasteiger partial charge in [-0.05, 0) is 54.8 Å². The number of nitrogens with one attached hydrogen (secondary N) is 1. The van der Waals surface area contributed by atoms with Crippen LogP contribution in [-0.2, 0) is 11.3 Å². The number of rotatable bonds is 7. The zero-order chi connectivity index (χ0) is 21.6. The van der Waals surface area contributed by atoms with E-state index >= 15 is 0 Å². The second-order valence-electron chi connectivity index (χ2n) is 7.87. The molecule has 0 spiro atoms. The van der Waals surface area contributed by atoms with E-state index in [2.05, 4.69) is 41.4 Å². The zero-order valence-electron chi connectivity index (χ0n) is 18.0. The van der Waals surface area contributed by atoms with Crippen molar-refractivity contribution in [1.29, 1.82) is 0 Å². The van der Waals surface area contributed by atoms with Crippen molar-refractivity contribution in [1.82, 2.24) is 5.32 Å². The number of fused-ring (bicyclic) bond motifs is 1. The SMILES string of the molecule is Cc1cccc(N(CC(=O)NC(C)c2ccc3c(c2)OCCO3)Cc2ccccc2)c1. The lowest BCUT2D eigenvalue weighted by atomic mass is 10.1. The zero-order valence-corrected chi connectivity index (χ0v) is 18.0. The maximum atomic E-state index is 13.0. The van der Waals surface area contributed by atoms with Gasteiger partial charge in [-0.15, -0.1) is 0 Å². The summed E-state index contributed by atoms with van der Waals surface area (Å²) in [4.78, 5) is 15.1. The van der Waals surface area contributed by atoms with Crippen molar-refractivity contribution in [2.24, 2.45) is 0 Å². The van der Waals surface area contributed by atoms with E-state index in [0.717, 1.165) is 28.3 Å². The minimum atomic E-state index is -0.139. The smallest absolute Gasteiger partial charge is 0.240 e. The highest BCUT2D eigenvalue weighted by molar-refractivity contribution is 5.81. The molecule has 0 bridgehead atoms. The fraction of sp³-hybridized carbons (Fsp3) is 0.269. The van der Waals surface area contributed by atoms with Crippen LogP contribution in [0.3, 0.4) is 0 Å². The Hall–Kier alpha value is -3.47. The van der Waals surface area contributed by atoms with Gasteiger partial charge in [0.15, 0.2) is 11.5 Å². The molecule has 1 unspecified atom stereocenters. The molecule has 0 aromatic heterocycles. The molecule has 1 amide bonds. The first kappa shape index (κ1) is 20.8. The lowest BCUT2D eigenvalue weighted by Gasteiger charge is -2.26. The average molecular weight is 417 g/mol. The van der Waals surface area contributed by atoms with Crippen LogP contribution in [0.1, 0.15) is 29.7 Å². The predicted octanol–water partition coefficient (Wildman–Crippen LogP) is 4.65. The molecule has 160 valence electrons. The molecule has 0 fully saturated rings. The second kappa shape index (κ2) is 9.56. The van der Waals surface area contributed by atoms with Gasteiger partial charge in [-0.1, -0.05) is 48.5 Å². The summed E-state index contributed by atoms with van der Waals surface area (Å²) in [5.41, 5.74) is 4.35. The third-order valence-corrected chi connectivity index (χ3v) is 5.36. The molecule has 1 heterocycles. The molecule has 0 saturated heterocycles. The quantitative estimate of drug-likeness (QED) is 0.609. The molecular weight excluding hydrogens is 388 g/mol. The van der Waals surface area contributed by atoms with Crippen molar-refractivity contribution in [2.75, 3.05) is 24.7 Å². The predicted molar refractivity (Wildman–Crippen MR) is 123 cm³/mol. The van der Waals surface area contributed by atoms with Gasteiger partial charge in [-0.25, -0.2) is 0 Å². The molecule has 31 heavy (non-hydrogen) atoms. The third kappa shape index (κ3) is 5.37. The molecular formula is C26H28N2O3. The van der Waals surface area contributed by atoms with Crippen LogP contribution < -0.4 is 19.7 Å². The van der Waals surface area contributed by atoms with Crippen molar-refractivity contribution in [3.63, 3.8) is 0 Å². The van der Waals surface area contributed by atoms with Crippen LogP contribution in [0.4, 0.5) is 5.69 Å². The largest absolute Gasteiger partial charge is 0.486 e. The molecule has 3 aromatic carbocycles. The van der Waals surface area contributed by atoms with Crippen LogP contribution >= 0.6 is 0 Å². The number of carbonyl (C=O) groups is 1. The topological polar surface area (TPSA) is 50.8 Å². The van der Waals surface area contributed by atoms with Crippen LogP contribution in [0.5, 0.6) is 11.5 Å². The molecule has 0 saturated carbocycles. The number of amides is 1. The van der Waals surface area contributed by atoms with E-state index in [-0.39, 0.29) is 18.5 Å². The van der Waals surface area contributed by atoms with Gasteiger partial charge in [-0.2, -0.15) is 0 Å². The Balaban J connectivity index is 1.46. The first-order valence-electron chi connectivity index (χ1n) is 10.6. The van der Waals surface area contributed by atoms with Crippen molar-refractivity contribution < 1.29 is 14.3 Å². The molecule has 1 N–H and O–H groups in total. The molecule has 1 aliphatic rings. The van der Waals surface area contributed by atoms with Crippen molar-refractivity contribution in [3.8, 4) is 11.5 Å². The van der Waals surface area contributed by atoms with E-state index in [4.69, 9.17) is 9.47 Å². The Morgan fingerprint density at radius 3 is 2.52 bits per heavy atom. The minimum Gasteiger partial charge on any atom is -0.486 e. The van der Waals surface area contributed by atoms with Gasteiger partial charge in [0.1, 0.15) is 13.2 Å². The van der Waals surface area contributed by atoms with Gasteiger partial charge in [0, 0.05) is 12.2 Å². The summed E-state index contributed by atoms with van der Waals surface area (Å²) in [6.07, 6.45) is 0. The molecule has 4 rings (SSSR count). The minimum absolute atomic E-state index is 0.0279. The fourth-order valence-electron chi connectivity index (χ4n) is 3.74. The molecule has 1 atom stereocenters. The van der Waals surface area contributed by atoms with Crippen LogP contribution in [-0.4, -0.2) is 25.7 Å². The van der Waals surface area contributed by atoms with E-state index in [1.165, 1.54) is 5.56 Å². The van der Waals surface area contributed by atoms with E-state index in [0.29, 0.717) is 19.8 Å². The van der Waals surface area contributed by atoms with Crippen molar-refractivity contribution in [3.05, 3.63) is 89.5 Å². The molecule has 5 nitrogen and oxygen atoms in total. The van der Waals surface area contributed by atoms with Crippen LogP contribution in [0.2, 0.25) is 0 Å². The lowest BCUT2D eigenvalue weighted by Crippen LogP contribution is -2.38. The van der Waals surface area contributed by atoms with Crippen LogP contribution in [0.25, 0.3) is 0 Å². The molecule has 0 aliphatic carbocycles. The first-order chi connectivity index (χ1) is 15.1. The van der Waals surface area contributed by atoms with Gasteiger partial charge < -0.3 is 19.7 Å². The highest BCUT2D eigenvalue weighted by Gasteiger charge is 2.18. The summed E-state index contributed by atoms with van der Waals surface area (Å²) in [7, 11) is 0. The Morgan fingerprint density at radius 1 is 0.968 bits per heavy atom. The van der Waals surface area contributed by atoms with Gasteiger partial charge in [0.2, 0.25) is 5.91 Å². The Kier molecular flexibility index (Phi) is 6.41. The lowest BCUT2D eigenvalue weighted by molar-refractivity contribution is -0.120. The van der Waals surface area contributed by atoms with E-state index in [1.807, 2.05) is 55.5 Å². The highest BCUT2D eigenvalue weighted by atomic mass is 16.6. The number of anilines is 1. The maximum Gasteiger partial charge on any atom is 0.240 e. The number of carbonyl (C=O) groups excluding carboxylic acids is 1. The van der Waals surface area contributed by atoms with Gasteiger partial charge >= 0.3 is 0 Å². The number of ether oxygens (including phenoxy) is 2. The van der Waals surface area contributed by atoms with Crippen molar-refractivity contribution >= 4 is 11.6 Å². The number of hydrogen-bond donors (Lipinski definition) is 1. The van der Waals surface area contributed by atoms with E-state index in [9.17, 15) is 4.79 Å². The van der Waals surface area contributed by atoms with Gasteiger partial charge in [-0.3, -0.25) is 4.79 Å². The first-order valence-corrected chi connectivity index (χ1v) is 10.6. The second-order valence-corrected chi connectivity index (χ2v) is 7.87. The highest BCUT2D eigenvalue weighted by Crippen LogP contribution is 2.32. The molecule has 1 aliphatic heterocycles. The standard InChI is InChI=1S/C26H28N2O3/c1-19-7-6-10-23(15-19)28(17-21-8-4-3-5-9-21)18-26(29)27-20(2)22-11-12-24-25(16-22)31-14-13-30-24/h3-12,15-16,20H,13-14,17-18H2,1-2H3,(H,27,29). The molecule has 3 aromatic rings. The summed E-state index contributed by atoms with van der Waals surface area (Å²) >= 11 is 0. The number of benzene rings is 3. The number of nitrogens with zero attached hydrogens (tertiary/aromatic N) is 1. The number of hydrogen-bond acceptors (Lipinski definition) is 4. The Morgan fingerprint density at radius 2 is 1.74 bits per heavy atom. The Labute approximate surface area is 183 Å². The van der Waals surface area contributed by atoms with E-state index in [1.54, 1.807) is 0 Å². The van der Waals surface area contributed by atoms with Gasteiger partial charge in [0.25, 0.3) is 0 Å². The van der Waals surface area contributed by atoms with Crippen LogP contribution in [0.15, 0.2) is 72.8 Å². The normalized spacial score (nSPS) is 13.4. The van der Waals surface area contributed by atoms with Crippen molar-refractivity contribution in [2.45, 2.75) is 26.4 Å². The van der Waals surface area contributed by atoms with Gasteiger partial charge in [0.05, 0.1) is 12.6 Å². The fourth-order valence-corrected chi connectivity index (χ4v) is 3.74. The maximum absolute atomic E-state index is 13.0. The van der Waals surface area contributed by atoms with E-state index < -0.39 is 0 Å². The molecule has 5 heteroatoms. The summed E-state index contributed by atoms with van der Waals surface area (Å²) < 4.78 is 11.3.